The summed E-state index contributed by atoms with van der Waals surface area (Å²) in [4.78, 5) is 24.6. The third-order valence-corrected chi connectivity index (χ3v) is 4.29. The van der Waals surface area contributed by atoms with Crippen molar-refractivity contribution in [3.63, 3.8) is 0 Å². The molecule has 0 aromatic rings. The van der Waals surface area contributed by atoms with Crippen LogP contribution in [0.5, 0.6) is 0 Å². The van der Waals surface area contributed by atoms with Crippen LogP contribution in [0.1, 0.15) is 13.8 Å². The molecule has 18 heavy (non-hydrogen) atoms. The topological polar surface area (TPSA) is 92.9 Å². The van der Waals surface area contributed by atoms with Gasteiger partial charge in [0.1, 0.15) is 12.6 Å². The smallest absolute Gasteiger partial charge is 0.327 e. The normalized spacial score (nSPS) is 23.7. The van der Waals surface area contributed by atoms with E-state index < -0.39 is 12.0 Å². The molecule has 0 spiro atoms. The summed E-state index contributed by atoms with van der Waals surface area (Å²) in [5.41, 5.74) is 5.27. The molecule has 1 fully saturated rings. The molecule has 1 amide bonds. The lowest BCUT2D eigenvalue weighted by atomic mass is 10.1. The number of carbonyl (C=O) groups excluding carboxylic acids is 1. The third-order valence-electron chi connectivity index (χ3n) is 2.67. The van der Waals surface area contributed by atoms with E-state index in [4.69, 9.17) is 15.6 Å². The number of carbonyl (C=O) groups is 2. The summed E-state index contributed by atoms with van der Waals surface area (Å²) in [5, 5.41) is 9.04. The van der Waals surface area contributed by atoms with Gasteiger partial charge in [0.2, 0.25) is 5.91 Å². The lowest BCUT2D eigenvalue weighted by molar-refractivity contribution is -0.151. The maximum atomic E-state index is 12.0. The van der Waals surface area contributed by atoms with Gasteiger partial charge in [-0.2, -0.15) is 0 Å². The molecule has 6 nitrogen and oxygen atoms in total. The quantitative estimate of drug-likeness (QED) is 0.662. The second-order valence-corrected chi connectivity index (χ2v) is 5.61. The summed E-state index contributed by atoms with van der Waals surface area (Å²) in [6.07, 6.45) is 0. The van der Waals surface area contributed by atoms with Gasteiger partial charge in [-0.05, 0) is 5.92 Å². The number of carboxylic acid groups (broad SMARTS) is 1. The Hall–Kier alpha value is -0.790. The van der Waals surface area contributed by atoms with Crippen molar-refractivity contribution < 1.29 is 19.4 Å². The number of nitrogens with two attached hydrogens (primary N) is 1. The highest BCUT2D eigenvalue weighted by Crippen LogP contribution is 2.34. The summed E-state index contributed by atoms with van der Waals surface area (Å²) in [5.74, 6) is -0.601. The molecule has 1 heterocycles. The van der Waals surface area contributed by atoms with Crippen molar-refractivity contribution in [3.05, 3.63) is 0 Å². The van der Waals surface area contributed by atoms with E-state index in [-0.39, 0.29) is 23.8 Å². The van der Waals surface area contributed by atoms with Crippen LogP contribution in [0.15, 0.2) is 0 Å². The molecule has 0 radical (unpaired) electrons. The van der Waals surface area contributed by atoms with E-state index in [0.29, 0.717) is 18.9 Å². The van der Waals surface area contributed by atoms with Crippen LogP contribution in [-0.2, 0) is 14.3 Å². The molecular formula is C11H20N2O4S. The number of rotatable bonds is 6. The molecule has 0 saturated carbocycles. The van der Waals surface area contributed by atoms with Crippen molar-refractivity contribution in [2.45, 2.75) is 25.3 Å². The van der Waals surface area contributed by atoms with E-state index in [1.165, 1.54) is 16.7 Å². The van der Waals surface area contributed by atoms with Gasteiger partial charge in [-0.15, -0.1) is 11.8 Å². The number of amides is 1. The van der Waals surface area contributed by atoms with Gasteiger partial charge in [-0.1, -0.05) is 13.8 Å². The highest BCUT2D eigenvalue weighted by molar-refractivity contribution is 8.00. The van der Waals surface area contributed by atoms with E-state index in [2.05, 4.69) is 0 Å². The predicted octanol–water partition coefficient (Wildman–Crippen LogP) is -0.0276. The van der Waals surface area contributed by atoms with Crippen molar-refractivity contribution in [1.29, 1.82) is 0 Å². The Balaban J connectivity index is 2.70. The summed E-state index contributed by atoms with van der Waals surface area (Å²) >= 11 is 1.51. The third kappa shape index (κ3) is 3.60. The largest absolute Gasteiger partial charge is 0.480 e. The van der Waals surface area contributed by atoms with E-state index in [1.807, 2.05) is 13.8 Å². The van der Waals surface area contributed by atoms with Crippen LogP contribution in [0.4, 0.5) is 0 Å². The van der Waals surface area contributed by atoms with E-state index in [1.54, 1.807) is 0 Å². The minimum absolute atomic E-state index is 0.0972. The molecular weight excluding hydrogens is 256 g/mol. The molecule has 1 saturated heterocycles. The van der Waals surface area contributed by atoms with Crippen LogP contribution < -0.4 is 5.73 Å². The maximum absolute atomic E-state index is 12.0. The average Bonchev–Trinajstić information content (AvgIpc) is 2.73. The standard InChI is InChI=1S/C11H20N2O4S/c1-7(2)10-13(8(6-18-10)11(15)16)9(14)5-17-4-3-12/h7-8,10H,3-6,12H2,1-2H3,(H,15,16). The number of hydrogen-bond acceptors (Lipinski definition) is 5. The molecule has 2 atom stereocenters. The number of nitrogens with zero attached hydrogens (tertiary/aromatic N) is 1. The monoisotopic (exact) mass is 276 g/mol. The van der Waals surface area contributed by atoms with E-state index in [0.717, 1.165) is 0 Å². The molecule has 3 N–H and O–H groups in total. The first kappa shape index (κ1) is 15.3. The highest BCUT2D eigenvalue weighted by atomic mass is 32.2. The van der Waals surface area contributed by atoms with E-state index >= 15 is 0 Å². The van der Waals surface area contributed by atoms with Crippen molar-refractivity contribution in [3.8, 4) is 0 Å². The first-order valence-electron chi connectivity index (χ1n) is 5.92. The molecule has 1 rings (SSSR count). The highest BCUT2D eigenvalue weighted by Gasteiger charge is 2.42. The molecule has 7 heteroatoms. The number of thioether (sulfide) groups is 1. The summed E-state index contributed by atoms with van der Waals surface area (Å²) in [7, 11) is 0. The van der Waals surface area contributed by atoms with Gasteiger partial charge in [0, 0.05) is 12.3 Å². The zero-order chi connectivity index (χ0) is 13.7. The number of ether oxygens (including phenoxy) is 1. The van der Waals surface area contributed by atoms with Gasteiger partial charge < -0.3 is 20.5 Å². The molecule has 0 bridgehead atoms. The van der Waals surface area contributed by atoms with Crippen LogP contribution in [0.2, 0.25) is 0 Å². The van der Waals surface area contributed by atoms with Crippen molar-refractivity contribution in [2.75, 3.05) is 25.5 Å². The van der Waals surface area contributed by atoms with Gasteiger partial charge in [-0.3, -0.25) is 4.79 Å². The Morgan fingerprint density at radius 2 is 2.22 bits per heavy atom. The van der Waals surface area contributed by atoms with Crippen LogP contribution in [-0.4, -0.2) is 58.8 Å². The Labute approximate surface area is 111 Å². The molecule has 2 unspecified atom stereocenters. The fourth-order valence-corrected chi connectivity index (χ4v) is 3.36. The molecule has 0 aliphatic carbocycles. The second kappa shape index (κ2) is 6.96. The number of hydrogen-bond donors (Lipinski definition) is 2. The van der Waals surface area contributed by atoms with Gasteiger partial charge in [0.25, 0.3) is 0 Å². The van der Waals surface area contributed by atoms with Crippen LogP contribution in [0, 0.1) is 5.92 Å². The molecule has 104 valence electrons. The van der Waals surface area contributed by atoms with Gasteiger partial charge in [0.15, 0.2) is 0 Å². The predicted molar refractivity (Wildman–Crippen MR) is 69.2 cm³/mol. The van der Waals surface area contributed by atoms with Gasteiger partial charge in [0.05, 0.1) is 12.0 Å². The Kier molecular flexibility index (Phi) is 5.90. The SMILES string of the molecule is CC(C)C1SCC(C(=O)O)N1C(=O)COCCN. The zero-order valence-corrected chi connectivity index (χ0v) is 11.5. The Morgan fingerprint density at radius 1 is 1.56 bits per heavy atom. The first-order chi connectivity index (χ1) is 8.49. The van der Waals surface area contributed by atoms with Crippen molar-refractivity contribution in [1.82, 2.24) is 4.90 Å². The van der Waals surface area contributed by atoms with E-state index in [9.17, 15) is 9.59 Å². The fourth-order valence-electron chi connectivity index (χ4n) is 1.86. The molecule has 0 aromatic carbocycles. The second-order valence-electron chi connectivity index (χ2n) is 4.46. The van der Waals surface area contributed by atoms with Crippen LogP contribution in [0.25, 0.3) is 0 Å². The number of carboxylic acids is 1. The van der Waals surface area contributed by atoms with Crippen LogP contribution >= 0.6 is 11.8 Å². The van der Waals surface area contributed by atoms with Crippen LogP contribution in [0.3, 0.4) is 0 Å². The van der Waals surface area contributed by atoms with Gasteiger partial charge >= 0.3 is 5.97 Å². The summed E-state index contributed by atoms with van der Waals surface area (Å²) in [6, 6.07) is -0.753. The fraction of sp³-hybridized carbons (Fsp3) is 0.818. The Bertz CT molecular complexity index is 311. The maximum Gasteiger partial charge on any atom is 0.327 e. The first-order valence-corrected chi connectivity index (χ1v) is 6.97. The van der Waals surface area contributed by atoms with Gasteiger partial charge in [-0.25, -0.2) is 4.79 Å². The lowest BCUT2D eigenvalue weighted by Crippen LogP contribution is -2.48. The average molecular weight is 276 g/mol. The molecule has 1 aliphatic rings. The molecule has 1 aliphatic heterocycles. The summed E-state index contributed by atoms with van der Waals surface area (Å²) in [6.45, 7) is 4.49. The van der Waals surface area contributed by atoms with Crippen molar-refractivity contribution in [2.24, 2.45) is 11.7 Å². The Morgan fingerprint density at radius 3 is 2.72 bits per heavy atom. The van der Waals surface area contributed by atoms with Crippen molar-refractivity contribution >= 4 is 23.6 Å². The number of aliphatic carboxylic acids is 1. The lowest BCUT2D eigenvalue weighted by Gasteiger charge is -2.29. The minimum atomic E-state index is -0.960. The summed E-state index contributed by atoms with van der Waals surface area (Å²) < 4.78 is 5.09. The molecule has 0 aromatic heterocycles. The zero-order valence-electron chi connectivity index (χ0n) is 10.7. The minimum Gasteiger partial charge on any atom is -0.480 e.